The van der Waals surface area contributed by atoms with Crippen LogP contribution in [-0.4, -0.2) is 13.0 Å². The number of hydrogen-bond donors (Lipinski definition) is 2. The molecule has 0 saturated heterocycles. The highest BCUT2D eigenvalue weighted by Crippen LogP contribution is 2.23. The number of nitrogen functional groups attached to an aromatic ring is 1. The minimum atomic E-state index is -0.618. The number of amides is 1. The van der Waals surface area contributed by atoms with Crippen LogP contribution in [0, 0.1) is 5.82 Å². The van der Waals surface area contributed by atoms with E-state index < -0.39 is 11.7 Å². The number of carbonyl (C=O) groups is 1. The second kappa shape index (κ2) is 5.79. The average molecular weight is 295 g/mol. The smallest absolute Gasteiger partial charge is 0.257 e. The van der Waals surface area contributed by atoms with Gasteiger partial charge >= 0.3 is 0 Å². The molecule has 1 amide bonds. The summed E-state index contributed by atoms with van der Waals surface area (Å²) >= 11 is 5.65. The molecule has 0 saturated carbocycles. The quantitative estimate of drug-likeness (QED) is 0.854. The number of anilines is 2. The van der Waals surface area contributed by atoms with E-state index in [1.807, 2.05) is 0 Å². The first-order chi connectivity index (χ1) is 9.51. The van der Waals surface area contributed by atoms with Crippen molar-refractivity contribution < 1.29 is 13.9 Å². The van der Waals surface area contributed by atoms with Gasteiger partial charge in [-0.05, 0) is 36.4 Å². The molecule has 0 aromatic heterocycles. The van der Waals surface area contributed by atoms with Gasteiger partial charge in [-0.2, -0.15) is 0 Å². The van der Waals surface area contributed by atoms with Gasteiger partial charge in [0.25, 0.3) is 5.91 Å². The molecule has 6 heteroatoms. The number of rotatable bonds is 3. The number of hydrogen-bond acceptors (Lipinski definition) is 3. The van der Waals surface area contributed by atoms with Crippen molar-refractivity contribution >= 4 is 28.9 Å². The molecule has 104 valence electrons. The maximum atomic E-state index is 13.6. The summed E-state index contributed by atoms with van der Waals surface area (Å²) in [6, 6.07) is 8.65. The predicted octanol–water partition coefficient (Wildman–Crippen LogP) is 3.32. The molecule has 3 N–H and O–H groups in total. The third-order valence-corrected chi connectivity index (χ3v) is 2.92. The Bertz CT molecular complexity index is 662. The molecule has 0 spiro atoms. The predicted molar refractivity (Wildman–Crippen MR) is 76.8 cm³/mol. The minimum absolute atomic E-state index is 0.0293. The first-order valence-corrected chi connectivity index (χ1v) is 6.09. The highest BCUT2D eigenvalue weighted by molar-refractivity contribution is 6.30. The Hall–Kier alpha value is -2.27. The monoisotopic (exact) mass is 294 g/mol. The van der Waals surface area contributed by atoms with Crippen LogP contribution in [0.3, 0.4) is 0 Å². The summed E-state index contributed by atoms with van der Waals surface area (Å²) in [4.78, 5) is 12.1. The van der Waals surface area contributed by atoms with Gasteiger partial charge in [0.1, 0.15) is 11.6 Å². The van der Waals surface area contributed by atoms with E-state index in [1.165, 1.54) is 25.3 Å². The Morgan fingerprint density at radius 1 is 1.30 bits per heavy atom. The van der Waals surface area contributed by atoms with E-state index in [-0.39, 0.29) is 22.0 Å². The zero-order valence-corrected chi connectivity index (χ0v) is 11.4. The van der Waals surface area contributed by atoms with Gasteiger partial charge in [-0.1, -0.05) is 11.6 Å². The lowest BCUT2D eigenvalue weighted by Crippen LogP contribution is -2.15. The minimum Gasteiger partial charge on any atom is -0.497 e. The summed E-state index contributed by atoms with van der Waals surface area (Å²) in [6.45, 7) is 0. The van der Waals surface area contributed by atoms with Crippen molar-refractivity contribution in [3.05, 3.63) is 52.8 Å². The van der Waals surface area contributed by atoms with Gasteiger partial charge in [0.2, 0.25) is 0 Å². The molecule has 0 radical (unpaired) electrons. The van der Waals surface area contributed by atoms with Crippen LogP contribution >= 0.6 is 11.6 Å². The summed E-state index contributed by atoms with van der Waals surface area (Å²) in [7, 11) is 1.48. The fraction of sp³-hybridized carbons (Fsp3) is 0.0714. The van der Waals surface area contributed by atoms with Gasteiger partial charge < -0.3 is 15.8 Å². The van der Waals surface area contributed by atoms with E-state index >= 15 is 0 Å². The van der Waals surface area contributed by atoms with Gasteiger partial charge in [-0.15, -0.1) is 0 Å². The zero-order valence-electron chi connectivity index (χ0n) is 10.6. The molecule has 2 rings (SSSR count). The number of carbonyl (C=O) groups excluding carboxylic acids is 1. The van der Waals surface area contributed by atoms with Crippen LogP contribution in [-0.2, 0) is 0 Å². The Kier molecular flexibility index (Phi) is 4.10. The molecule has 0 unspecified atom stereocenters. The zero-order chi connectivity index (χ0) is 14.7. The maximum Gasteiger partial charge on any atom is 0.257 e. The summed E-state index contributed by atoms with van der Waals surface area (Å²) in [5, 5.41) is 2.69. The second-order valence-electron chi connectivity index (χ2n) is 4.03. The fourth-order valence-corrected chi connectivity index (χ4v) is 1.80. The number of methoxy groups -OCH3 is 1. The molecule has 0 heterocycles. The van der Waals surface area contributed by atoms with Crippen molar-refractivity contribution in [3.8, 4) is 5.75 Å². The van der Waals surface area contributed by atoms with Crippen molar-refractivity contribution in [2.45, 2.75) is 0 Å². The number of nitrogens with two attached hydrogens (primary N) is 1. The molecular weight excluding hydrogens is 283 g/mol. The average Bonchev–Trinajstić information content (AvgIpc) is 2.42. The summed E-state index contributed by atoms with van der Waals surface area (Å²) < 4.78 is 18.6. The number of ether oxygens (including phenoxy) is 1. The summed E-state index contributed by atoms with van der Waals surface area (Å²) in [6.07, 6.45) is 0. The molecule has 0 bridgehead atoms. The topological polar surface area (TPSA) is 64.3 Å². The normalized spacial score (nSPS) is 10.2. The van der Waals surface area contributed by atoms with E-state index in [2.05, 4.69) is 5.32 Å². The molecule has 0 aliphatic rings. The molecule has 0 aliphatic heterocycles. The van der Waals surface area contributed by atoms with Crippen molar-refractivity contribution in [1.29, 1.82) is 0 Å². The third kappa shape index (κ3) is 3.00. The van der Waals surface area contributed by atoms with Gasteiger partial charge in [-0.25, -0.2) is 4.39 Å². The van der Waals surface area contributed by atoms with Crippen LogP contribution in [0.2, 0.25) is 5.02 Å². The maximum absolute atomic E-state index is 13.6. The third-order valence-electron chi connectivity index (χ3n) is 2.68. The Morgan fingerprint density at radius 2 is 2.05 bits per heavy atom. The Labute approximate surface area is 120 Å². The van der Waals surface area contributed by atoms with Crippen LogP contribution in [0.15, 0.2) is 36.4 Å². The van der Waals surface area contributed by atoms with E-state index in [0.717, 1.165) is 6.07 Å². The van der Waals surface area contributed by atoms with Crippen molar-refractivity contribution in [2.75, 3.05) is 18.2 Å². The standard InChI is InChI=1S/C14H12ClFN2O2/c1-20-9-3-4-12(17)10(7-9)14(19)18-13-5-2-8(15)6-11(13)16/h2-7H,17H2,1H3,(H,18,19). The van der Waals surface area contributed by atoms with Gasteiger partial charge in [0, 0.05) is 10.7 Å². The number of halogens is 2. The van der Waals surface area contributed by atoms with Crippen LogP contribution in [0.4, 0.5) is 15.8 Å². The summed E-state index contributed by atoms with van der Waals surface area (Å²) in [5.41, 5.74) is 6.24. The van der Waals surface area contributed by atoms with Crippen LogP contribution < -0.4 is 15.8 Å². The molecule has 20 heavy (non-hydrogen) atoms. The van der Waals surface area contributed by atoms with E-state index in [0.29, 0.717) is 5.75 Å². The molecule has 2 aromatic carbocycles. The van der Waals surface area contributed by atoms with Gasteiger partial charge in [-0.3, -0.25) is 4.79 Å². The lowest BCUT2D eigenvalue weighted by Gasteiger charge is -2.10. The van der Waals surface area contributed by atoms with E-state index in [4.69, 9.17) is 22.1 Å². The van der Waals surface area contributed by atoms with E-state index in [1.54, 1.807) is 12.1 Å². The second-order valence-corrected chi connectivity index (χ2v) is 4.47. The molecule has 2 aromatic rings. The van der Waals surface area contributed by atoms with Gasteiger partial charge in [0.15, 0.2) is 0 Å². The fourth-order valence-electron chi connectivity index (χ4n) is 1.64. The molecule has 0 fully saturated rings. The van der Waals surface area contributed by atoms with Crippen LogP contribution in [0.1, 0.15) is 10.4 Å². The Morgan fingerprint density at radius 3 is 2.70 bits per heavy atom. The number of benzene rings is 2. The van der Waals surface area contributed by atoms with Crippen LogP contribution in [0.5, 0.6) is 5.75 Å². The first-order valence-electron chi connectivity index (χ1n) is 5.71. The summed E-state index contributed by atoms with van der Waals surface area (Å²) in [5.74, 6) is -0.657. The molecule has 4 nitrogen and oxygen atoms in total. The Balaban J connectivity index is 2.28. The molecule has 0 aliphatic carbocycles. The molecular formula is C14H12ClFN2O2. The highest BCUT2D eigenvalue weighted by Gasteiger charge is 2.13. The van der Waals surface area contributed by atoms with Crippen molar-refractivity contribution in [3.63, 3.8) is 0 Å². The largest absolute Gasteiger partial charge is 0.497 e. The van der Waals surface area contributed by atoms with Crippen molar-refractivity contribution in [1.82, 2.24) is 0 Å². The molecule has 0 atom stereocenters. The lowest BCUT2D eigenvalue weighted by molar-refractivity contribution is 0.102. The lowest BCUT2D eigenvalue weighted by atomic mass is 10.1. The van der Waals surface area contributed by atoms with Crippen LogP contribution in [0.25, 0.3) is 0 Å². The first kappa shape index (κ1) is 14.1. The highest BCUT2D eigenvalue weighted by atomic mass is 35.5. The number of nitrogens with one attached hydrogen (secondary N) is 1. The SMILES string of the molecule is COc1ccc(N)c(C(=O)Nc2ccc(Cl)cc2F)c1. The van der Waals surface area contributed by atoms with E-state index in [9.17, 15) is 9.18 Å². The van der Waals surface area contributed by atoms with Crippen molar-refractivity contribution in [2.24, 2.45) is 0 Å². The van der Waals surface area contributed by atoms with Gasteiger partial charge in [0.05, 0.1) is 18.4 Å².